The van der Waals surface area contributed by atoms with Gasteiger partial charge in [0.1, 0.15) is 12.2 Å². The van der Waals surface area contributed by atoms with Gasteiger partial charge in [-0.25, -0.2) is 4.39 Å². The van der Waals surface area contributed by atoms with Gasteiger partial charge < -0.3 is 15.3 Å². The molecule has 0 spiro atoms. The lowest BCUT2D eigenvalue weighted by Crippen LogP contribution is -2.69. The van der Waals surface area contributed by atoms with E-state index >= 15 is 4.39 Å². The first-order chi connectivity index (χ1) is 14.5. The average molecular weight is 396 g/mol. The Morgan fingerprint density at radius 2 is 2.11 bits per heavy atom. The van der Waals surface area contributed by atoms with Crippen LogP contribution in [0.4, 0.5) is 4.39 Å². The second-order valence-corrected chi connectivity index (χ2v) is 9.30. The molecular formula is C22H29FO5. The maximum atomic E-state index is 17.2. The first kappa shape index (κ1) is 15.5. The Morgan fingerprint density at radius 1 is 1.43 bits per heavy atom. The third-order valence-electron chi connectivity index (χ3n) is 8.25. The fourth-order valence-corrected chi connectivity index (χ4v) is 6.70. The number of carbonyl (C=O) groups is 2. The summed E-state index contributed by atoms with van der Waals surface area (Å²) in [6, 6.07) is -1.38. The first-order valence-electron chi connectivity index (χ1n) is 11.7. The molecule has 0 bridgehead atoms. The highest BCUT2D eigenvalue weighted by Crippen LogP contribution is 2.70. The fraction of sp³-hybridized carbons (Fsp3) is 0.727. The van der Waals surface area contributed by atoms with Crippen LogP contribution in [0.1, 0.15) is 51.9 Å². The summed E-state index contributed by atoms with van der Waals surface area (Å²) in [6.45, 7) is 3.60. The Labute approximate surface area is 169 Å². The Bertz CT molecular complexity index is 981. The molecular weight excluding hydrogens is 363 g/mol. The maximum Gasteiger partial charge on any atom is 0.190 e. The predicted octanol–water partition coefficient (Wildman–Crippen LogP) is 1.90. The molecule has 4 rings (SSSR count). The summed E-state index contributed by atoms with van der Waals surface area (Å²) < 4.78 is 50.7. The van der Waals surface area contributed by atoms with Gasteiger partial charge in [-0.05, 0) is 56.5 Å². The summed E-state index contributed by atoms with van der Waals surface area (Å²) in [5, 5.41) is 32.2. The highest BCUT2D eigenvalue weighted by molar-refractivity contribution is 6.01. The van der Waals surface area contributed by atoms with Gasteiger partial charge in [0.05, 0.1) is 8.85 Å². The minimum absolute atomic E-state index is 0.178. The van der Waals surface area contributed by atoms with Crippen molar-refractivity contribution in [1.29, 1.82) is 0 Å². The van der Waals surface area contributed by atoms with Gasteiger partial charge in [-0.2, -0.15) is 0 Å². The van der Waals surface area contributed by atoms with Gasteiger partial charge in [-0.15, -0.1) is 0 Å². The normalized spacial score (nSPS) is 57.1. The standard InChI is InChI=1S/C22H29FO5/c1-12-8-16-15-5-4-13-9-14(25)6-7-19(13,2)21(15,23)17(26)10-20(16,3)22(12,28)18(27)11-24/h6-7,9,12,15-17,24,26,28H,4-5,8,10-11H2,1-3H3/t12-,15+,16+,17+,19+,20+,21+,22+/m1/s1/i4D2,6D,9D. The third kappa shape index (κ3) is 2.01. The number of carbonyl (C=O) groups excluding carboxylic acids is 2. The van der Waals surface area contributed by atoms with E-state index in [-0.39, 0.29) is 18.4 Å². The van der Waals surface area contributed by atoms with E-state index in [9.17, 15) is 24.9 Å². The number of hydrogen-bond donors (Lipinski definition) is 3. The Morgan fingerprint density at radius 3 is 2.75 bits per heavy atom. The number of fused-ring (bicyclic) bond motifs is 5. The summed E-state index contributed by atoms with van der Waals surface area (Å²) in [5.74, 6) is -4.34. The molecule has 0 amide bonds. The number of allylic oxidation sites excluding steroid dienone is 4. The van der Waals surface area contributed by atoms with E-state index in [0.29, 0.717) is 0 Å². The monoisotopic (exact) mass is 396 g/mol. The number of Topliss-reactive ketones (excluding diaryl/α,β-unsaturated/α-hetero) is 1. The van der Waals surface area contributed by atoms with Gasteiger partial charge in [-0.3, -0.25) is 9.59 Å². The van der Waals surface area contributed by atoms with E-state index in [4.69, 9.17) is 5.48 Å². The van der Waals surface area contributed by atoms with Crippen LogP contribution in [0, 0.1) is 28.6 Å². The average Bonchev–Trinajstić information content (AvgIpc) is 2.89. The summed E-state index contributed by atoms with van der Waals surface area (Å²) in [7, 11) is 0. The molecule has 3 saturated carbocycles. The van der Waals surface area contributed by atoms with Gasteiger partial charge in [0.2, 0.25) is 0 Å². The zero-order valence-electron chi connectivity index (χ0n) is 20.3. The Kier molecular flexibility index (Phi) is 3.22. The molecule has 154 valence electrons. The SMILES string of the molecule is [2H]C1=C[C@@]2(C)C(=C([2H])C1=O)C([2H])([2H])C[C@H]1[C@@H]3C[C@@H](C)[C@](O)(C(=O)CO)[C@@]3(C)C[C@H](O)[C@@]12F. The van der Waals surface area contributed by atoms with Gasteiger partial charge in [0, 0.05) is 19.5 Å². The largest absolute Gasteiger partial charge is 0.390 e. The van der Waals surface area contributed by atoms with Crippen molar-refractivity contribution in [2.45, 2.75) is 63.8 Å². The van der Waals surface area contributed by atoms with Crippen LogP contribution in [-0.4, -0.2) is 50.9 Å². The molecule has 0 aromatic carbocycles. The third-order valence-corrected chi connectivity index (χ3v) is 8.25. The van der Waals surface area contributed by atoms with Crippen LogP contribution in [0.15, 0.2) is 23.8 Å². The molecule has 0 aromatic heterocycles. The number of aliphatic hydroxyl groups is 3. The van der Waals surface area contributed by atoms with Crippen LogP contribution in [0.25, 0.3) is 0 Å². The van der Waals surface area contributed by atoms with Crippen LogP contribution < -0.4 is 0 Å². The topological polar surface area (TPSA) is 94.8 Å². The van der Waals surface area contributed by atoms with Gasteiger partial charge in [-0.1, -0.05) is 25.5 Å². The van der Waals surface area contributed by atoms with E-state index in [0.717, 1.165) is 6.08 Å². The first-order valence-corrected chi connectivity index (χ1v) is 9.73. The molecule has 3 N–H and O–H groups in total. The molecule has 0 saturated heterocycles. The Hall–Kier alpha value is -1.37. The van der Waals surface area contributed by atoms with Crippen LogP contribution >= 0.6 is 0 Å². The van der Waals surface area contributed by atoms with Crippen molar-refractivity contribution in [3.8, 4) is 0 Å². The number of halogens is 1. The summed E-state index contributed by atoms with van der Waals surface area (Å²) in [5.41, 5.74) is -8.16. The fourth-order valence-electron chi connectivity index (χ4n) is 6.70. The quantitative estimate of drug-likeness (QED) is 0.663. The van der Waals surface area contributed by atoms with Crippen molar-refractivity contribution < 1.29 is 34.8 Å². The van der Waals surface area contributed by atoms with E-state index in [1.54, 1.807) is 13.8 Å². The lowest BCUT2D eigenvalue weighted by Gasteiger charge is -2.62. The van der Waals surface area contributed by atoms with Gasteiger partial charge in [0.15, 0.2) is 17.2 Å². The molecule has 0 radical (unpaired) electrons. The number of hydrogen-bond acceptors (Lipinski definition) is 5. The lowest BCUT2D eigenvalue weighted by atomic mass is 9.44. The lowest BCUT2D eigenvalue weighted by molar-refractivity contribution is -0.219. The molecule has 3 fully saturated rings. The maximum absolute atomic E-state index is 17.2. The van der Waals surface area contributed by atoms with E-state index < -0.39 is 89.0 Å². The molecule has 4 aliphatic rings. The highest BCUT2D eigenvalue weighted by Gasteiger charge is 2.75. The van der Waals surface area contributed by atoms with Crippen molar-refractivity contribution in [2.24, 2.45) is 28.6 Å². The zero-order valence-corrected chi connectivity index (χ0v) is 16.3. The van der Waals surface area contributed by atoms with Crippen molar-refractivity contribution in [3.05, 3.63) is 23.8 Å². The number of rotatable bonds is 2. The second-order valence-electron chi connectivity index (χ2n) is 9.30. The summed E-state index contributed by atoms with van der Waals surface area (Å²) in [6.07, 6.45) is -3.62. The van der Waals surface area contributed by atoms with Crippen LogP contribution in [0.3, 0.4) is 0 Å². The molecule has 0 aromatic rings. The molecule has 0 heterocycles. The predicted molar refractivity (Wildman–Crippen MR) is 99.9 cm³/mol. The minimum atomic E-state index is -2.52. The molecule has 4 aliphatic carbocycles. The van der Waals surface area contributed by atoms with Gasteiger partial charge >= 0.3 is 0 Å². The molecule has 5 nitrogen and oxygen atoms in total. The molecule has 6 heteroatoms. The number of alkyl halides is 1. The van der Waals surface area contributed by atoms with Crippen LogP contribution in [0.2, 0.25) is 0 Å². The number of ketones is 2. The summed E-state index contributed by atoms with van der Waals surface area (Å²) in [4.78, 5) is 24.9. The zero-order chi connectivity index (χ0) is 24.2. The smallest absolute Gasteiger partial charge is 0.190 e. The summed E-state index contributed by atoms with van der Waals surface area (Å²) >= 11 is 0. The second kappa shape index (κ2) is 5.83. The van der Waals surface area contributed by atoms with E-state index in [1.807, 2.05) is 0 Å². The van der Waals surface area contributed by atoms with Gasteiger partial charge in [0.25, 0.3) is 0 Å². The van der Waals surface area contributed by atoms with E-state index in [1.165, 1.54) is 6.92 Å². The van der Waals surface area contributed by atoms with Crippen LogP contribution in [0.5, 0.6) is 0 Å². The number of aliphatic hydroxyl groups excluding tert-OH is 2. The van der Waals surface area contributed by atoms with Crippen molar-refractivity contribution >= 4 is 11.6 Å². The Balaban J connectivity index is 1.96. The van der Waals surface area contributed by atoms with E-state index in [2.05, 4.69) is 0 Å². The minimum Gasteiger partial charge on any atom is -0.390 e. The highest BCUT2D eigenvalue weighted by atomic mass is 19.1. The molecule has 8 atom stereocenters. The van der Waals surface area contributed by atoms with Crippen LogP contribution in [-0.2, 0) is 9.59 Å². The van der Waals surface area contributed by atoms with Crippen molar-refractivity contribution in [2.75, 3.05) is 6.61 Å². The molecule has 0 unspecified atom stereocenters. The van der Waals surface area contributed by atoms with Crippen molar-refractivity contribution in [3.63, 3.8) is 0 Å². The molecule has 28 heavy (non-hydrogen) atoms. The van der Waals surface area contributed by atoms with Crippen molar-refractivity contribution in [1.82, 2.24) is 0 Å². The molecule has 0 aliphatic heterocycles.